The minimum absolute atomic E-state index is 0.00645. The molecule has 6 heteroatoms. The molecule has 0 spiro atoms. The van der Waals surface area contributed by atoms with Gasteiger partial charge >= 0.3 is 0 Å². The van der Waals surface area contributed by atoms with Gasteiger partial charge in [0.1, 0.15) is 11.6 Å². The average molecular weight is 353 g/mol. The van der Waals surface area contributed by atoms with Crippen molar-refractivity contribution in [3.05, 3.63) is 48.2 Å². The van der Waals surface area contributed by atoms with Gasteiger partial charge in [-0.1, -0.05) is 25.1 Å². The fraction of sp³-hybridized carbons (Fsp3) is 0.350. The van der Waals surface area contributed by atoms with Gasteiger partial charge in [0.05, 0.1) is 11.9 Å². The lowest BCUT2D eigenvalue weighted by Gasteiger charge is -2.18. The third-order valence-corrected chi connectivity index (χ3v) is 4.26. The van der Waals surface area contributed by atoms with Crippen LogP contribution in [0.5, 0.6) is 5.75 Å². The summed E-state index contributed by atoms with van der Waals surface area (Å²) < 4.78 is 5.85. The van der Waals surface area contributed by atoms with E-state index in [1.54, 1.807) is 12.1 Å². The predicted octanol–water partition coefficient (Wildman–Crippen LogP) is 3.53. The first-order chi connectivity index (χ1) is 12.6. The highest BCUT2D eigenvalue weighted by Gasteiger charge is 2.29. The lowest BCUT2D eigenvalue weighted by atomic mass is 10.2. The zero-order valence-corrected chi connectivity index (χ0v) is 15.0. The van der Waals surface area contributed by atoms with Gasteiger partial charge in [0.25, 0.3) is 5.91 Å². The summed E-state index contributed by atoms with van der Waals surface area (Å²) in [5, 5.41) is 5.58. The van der Waals surface area contributed by atoms with Crippen LogP contribution in [0.3, 0.4) is 0 Å². The van der Waals surface area contributed by atoms with Crippen molar-refractivity contribution < 1.29 is 14.3 Å². The molecule has 0 bridgehead atoms. The maximum atomic E-state index is 12.5. The Kier molecular flexibility index (Phi) is 5.51. The highest BCUT2D eigenvalue weighted by Crippen LogP contribution is 2.30. The molecule has 2 aromatic rings. The van der Waals surface area contributed by atoms with E-state index in [1.165, 1.54) is 6.20 Å². The zero-order valence-electron chi connectivity index (χ0n) is 15.0. The molecule has 1 aromatic heterocycles. The van der Waals surface area contributed by atoms with Crippen LogP contribution in [0, 0.1) is 12.8 Å². The van der Waals surface area contributed by atoms with Crippen LogP contribution in [0.2, 0.25) is 0 Å². The van der Waals surface area contributed by atoms with E-state index in [-0.39, 0.29) is 17.7 Å². The Morgan fingerprint density at radius 3 is 2.58 bits per heavy atom. The minimum Gasteiger partial charge on any atom is -0.480 e. The molecule has 136 valence electrons. The molecule has 0 aliphatic heterocycles. The molecule has 1 aliphatic carbocycles. The maximum Gasteiger partial charge on any atom is 0.265 e. The molecule has 6 nitrogen and oxygen atoms in total. The summed E-state index contributed by atoms with van der Waals surface area (Å²) in [6.07, 6.45) is 3.37. The number of hydrogen-bond acceptors (Lipinski definition) is 4. The van der Waals surface area contributed by atoms with Crippen molar-refractivity contribution in [3.63, 3.8) is 0 Å². The molecule has 2 N–H and O–H groups in total. The van der Waals surface area contributed by atoms with Crippen molar-refractivity contribution in [3.8, 4) is 5.75 Å². The fourth-order valence-electron chi connectivity index (χ4n) is 2.50. The van der Waals surface area contributed by atoms with Gasteiger partial charge in [-0.25, -0.2) is 4.98 Å². The van der Waals surface area contributed by atoms with Crippen LogP contribution in [0.15, 0.2) is 42.6 Å². The van der Waals surface area contributed by atoms with Gasteiger partial charge in [-0.3, -0.25) is 9.59 Å². The molecule has 0 radical (unpaired) electrons. The van der Waals surface area contributed by atoms with E-state index < -0.39 is 6.10 Å². The number of aryl methyl sites for hydroxylation is 1. The first-order valence-corrected chi connectivity index (χ1v) is 8.87. The van der Waals surface area contributed by atoms with Crippen molar-refractivity contribution in [2.45, 2.75) is 39.2 Å². The Hall–Kier alpha value is -2.89. The fourth-order valence-corrected chi connectivity index (χ4v) is 2.50. The Labute approximate surface area is 153 Å². The Morgan fingerprint density at radius 2 is 1.96 bits per heavy atom. The van der Waals surface area contributed by atoms with Gasteiger partial charge in [0.2, 0.25) is 5.91 Å². The Balaban J connectivity index is 1.58. The Morgan fingerprint density at radius 1 is 1.19 bits per heavy atom. The summed E-state index contributed by atoms with van der Waals surface area (Å²) in [5.41, 5.74) is 1.54. The SMILES string of the molecule is CC[C@@H](Oc1ccccc1C)C(=O)Nc1ccc(NC(=O)C2CC2)nc1. The molecule has 0 saturated heterocycles. The molecule has 1 fully saturated rings. The third kappa shape index (κ3) is 4.59. The van der Waals surface area contributed by atoms with E-state index in [1.807, 2.05) is 38.1 Å². The molecular formula is C20H23N3O3. The number of hydrogen-bond donors (Lipinski definition) is 2. The summed E-state index contributed by atoms with van der Waals surface area (Å²) >= 11 is 0. The number of nitrogens with one attached hydrogen (secondary N) is 2. The topological polar surface area (TPSA) is 80.3 Å². The smallest absolute Gasteiger partial charge is 0.265 e. The van der Waals surface area contributed by atoms with Crippen LogP contribution in [-0.2, 0) is 9.59 Å². The monoisotopic (exact) mass is 353 g/mol. The molecule has 1 atom stereocenters. The predicted molar refractivity (Wildman–Crippen MR) is 100 cm³/mol. The highest BCUT2D eigenvalue weighted by atomic mass is 16.5. The molecule has 0 unspecified atom stereocenters. The van der Waals surface area contributed by atoms with E-state index in [4.69, 9.17) is 4.74 Å². The number of carbonyl (C=O) groups excluding carboxylic acids is 2. The van der Waals surface area contributed by atoms with Crippen LogP contribution in [0.25, 0.3) is 0 Å². The standard InChI is InChI=1S/C20H23N3O3/c1-3-16(26-17-7-5-4-6-13(17)2)20(25)22-15-10-11-18(21-12-15)23-19(24)14-8-9-14/h4-7,10-12,14,16H,3,8-9H2,1-2H3,(H,22,25)(H,21,23,24)/t16-/m1/s1. The summed E-state index contributed by atoms with van der Waals surface area (Å²) in [6, 6.07) is 11.0. The second-order valence-corrected chi connectivity index (χ2v) is 6.47. The number of nitrogens with zero attached hydrogens (tertiary/aromatic N) is 1. The summed E-state index contributed by atoms with van der Waals surface area (Å²) in [6.45, 7) is 3.84. The lowest BCUT2D eigenvalue weighted by molar-refractivity contribution is -0.123. The average Bonchev–Trinajstić information content (AvgIpc) is 3.48. The van der Waals surface area contributed by atoms with Crippen molar-refractivity contribution in [2.24, 2.45) is 5.92 Å². The molecular weight excluding hydrogens is 330 g/mol. The van der Waals surface area contributed by atoms with E-state index in [2.05, 4.69) is 15.6 Å². The van der Waals surface area contributed by atoms with E-state index >= 15 is 0 Å². The second-order valence-electron chi connectivity index (χ2n) is 6.47. The van der Waals surface area contributed by atoms with Crippen molar-refractivity contribution in [1.29, 1.82) is 0 Å². The number of pyridine rings is 1. The number of rotatable bonds is 7. The van der Waals surface area contributed by atoms with Gasteiger partial charge in [-0.2, -0.15) is 0 Å². The van der Waals surface area contributed by atoms with Gasteiger partial charge in [0.15, 0.2) is 6.10 Å². The molecule has 3 rings (SSSR count). The number of carbonyl (C=O) groups is 2. The third-order valence-electron chi connectivity index (χ3n) is 4.26. The van der Waals surface area contributed by atoms with Crippen LogP contribution in [0.1, 0.15) is 31.7 Å². The molecule has 1 saturated carbocycles. The van der Waals surface area contributed by atoms with Crippen LogP contribution in [0.4, 0.5) is 11.5 Å². The molecule has 2 amide bonds. The number of para-hydroxylation sites is 1. The van der Waals surface area contributed by atoms with E-state index in [0.717, 1.165) is 18.4 Å². The molecule has 1 aromatic carbocycles. The quantitative estimate of drug-likeness (QED) is 0.798. The first kappa shape index (κ1) is 17.9. The lowest BCUT2D eigenvalue weighted by Crippen LogP contribution is -2.32. The van der Waals surface area contributed by atoms with Crippen LogP contribution >= 0.6 is 0 Å². The van der Waals surface area contributed by atoms with E-state index in [0.29, 0.717) is 23.7 Å². The number of ether oxygens (including phenoxy) is 1. The minimum atomic E-state index is -0.592. The van der Waals surface area contributed by atoms with Gasteiger partial charge < -0.3 is 15.4 Å². The highest BCUT2D eigenvalue weighted by molar-refractivity contribution is 5.95. The summed E-state index contributed by atoms with van der Waals surface area (Å²) in [4.78, 5) is 28.4. The number of aromatic nitrogens is 1. The van der Waals surface area contributed by atoms with Crippen molar-refractivity contribution in [2.75, 3.05) is 10.6 Å². The molecule has 1 aliphatic rings. The van der Waals surface area contributed by atoms with E-state index in [9.17, 15) is 9.59 Å². The molecule has 1 heterocycles. The summed E-state index contributed by atoms with van der Waals surface area (Å²) in [5.74, 6) is 1.09. The number of amides is 2. The van der Waals surface area contributed by atoms with Gasteiger partial charge in [-0.05, 0) is 49.9 Å². The Bertz CT molecular complexity index is 785. The largest absolute Gasteiger partial charge is 0.480 e. The first-order valence-electron chi connectivity index (χ1n) is 8.87. The number of anilines is 2. The van der Waals surface area contributed by atoms with Crippen LogP contribution in [-0.4, -0.2) is 22.9 Å². The molecule has 26 heavy (non-hydrogen) atoms. The van der Waals surface area contributed by atoms with Crippen molar-refractivity contribution >= 4 is 23.3 Å². The van der Waals surface area contributed by atoms with Gasteiger partial charge in [0, 0.05) is 5.92 Å². The van der Waals surface area contributed by atoms with Gasteiger partial charge in [-0.15, -0.1) is 0 Å². The zero-order chi connectivity index (χ0) is 18.5. The number of benzene rings is 1. The normalized spacial score (nSPS) is 14.4. The van der Waals surface area contributed by atoms with Crippen LogP contribution < -0.4 is 15.4 Å². The second kappa shape index (κ2) is 7.99. The van der Waals surface area contributed by atoms with Crippen molar-refractivity contribution in [1.82, 2.24) is 4.98 Å². The summed E-state index contributed by atoms with van der Waals surface area (Å²) in [7, 11) is 0. The maximum absolute atomic E-state index is 12.5.